The van der Waals surface area contributed by atoms with Gasteiger partial charge in [0.25, 0.3) is 0 Å². The Bertz CT molecular complexity index is 576. The van der Waals surface area contributed by atoms with E-state index in [1.807, 2.05) is 17.5 Å². The van der Waals surface area contributed by atoms with Gasteiger partial charge in [0.15, 0.2) is 5.78 Å². The van der Waals surface area contributed by atoms with E-state index in [0.29, 0.717) is 30.8 Å². The number of primary amides is 1. The summed E-state index contributed by atoms with van der Waals surface area (Å²) < 4.78 is 5.51. The number of rotatable bonds is 7. The van der Waals surface area contributed by atoms with Crippen molar-refractivity contribution in [2.45, 2.75) is 12.8 Å². The Kier molecular flexibility index (Phi) is 4.90. The van der Waals surface area contributed by atoms with Crippen molar-refractivity contribution in [1.82, 2.24) is 0 Å². The Labute approximate surface area is 121 Å². The number of ketones is 1. The number of carbonyl (C=O) groups is 2. The number of ether oxygens (including phenoxy) is 1. The third-order valence-electron chi connectivity index (χ3n) is 2.75. The first kappa shape index (κ1) is 14.3. The van der Waals surface area contributed by atoms with E-state index in [9.17, 15) is 9.59 Å². The van der Waals surface area contributed by atoms with Crippen LogP contribution in [0.4, 0.5) is 0 Å². The van der Waals surface area contributed by atoms with Gasteiger partial charge in [0.05, 0.1) is 11.5 Å². The van der Waals surface area contributed by atoms with E-state index in [0.717, 1.165) is 4.88 Å². The Balaban J connectivity index is 1.73. The zero-order chi connectivity index (χ0) is 14.4. The first-order valence-electron chi connectivity index (χ1n) is 6.26. The van der Waals surface area contributed by atoms with Gasteiger partial charge in [0, 0.05) is 12.0 Å². The van der Waals surface area contributed by atoms with E-state index in [4.69, 9.17) is 10.5 Å². The first-order valence-corrected chi connectivity index (χ1v) is 7.14. The van der Waals surface area contributed by atoms with Crippen LogP contribution in [-0.4, -0.2) is 18.3 Å². The highest BCUT2D eigenvalue weighted by Gasteiger charge is 2.06. The highest BCUT2D eigenvalue weighted by atomic mass is 32.1. The normalized spacial score (nSPS) is 10.2. The van der Waals surface area contributed by atoms with Crippen LogP contribution in [0.25, 0.3) is 0 Å². The standard InChI is InChI=1S/C15H15NO3S/c16-15(18)11-5-7-12(8-6-11)19-9-1-3-13(17)14-4-2-10-20-14/h2,4-8,10H,1,3,9H2,(H2,16,18). The van der Waals surface area contributed by atoms with Crippen LogP contribution in [0.1, 0.15) is 32.9 Å². The summed E-state index contributed by atoms with van der Waals surface area (Å²) in [6.07, 6.45) is 1.13. The molecule has 4 nitrogen and oxygen atoms in total. The molecule has 0 radical (unpaired) electrons. The topological polar surface area (TPSA) is 69.4 Å². The number of carbonyl (C=O) groups excluding carboxylic acids is 2. The second-order valence-corrected chi connectivity index (χ2v) is 5.19. The Morgan fingerprint density at radius 3 is 2.50 bits per heavy atom. The summed E-state index contributed by atoms with van der Waals surface area (Å²) in [4.78, 5) is 23.4. The van der Waals surface area contributed by atoms with Gasteiger partial charge in [0.1, 0.15) is 5.75 Å². The molecule has 0 aliphatic carbocycles. The molecule has 0 fully saturated rings. The van der Waals surface area contributed by atoms with Gasteiger partial charge in [0.2, 0.25) is 5.91 Å². The number of amides is 1. The molecule has 2 rings (SSSR count). The summed E-state index contributed by atoms with van der Waals surface area (Å²) in [5, 5.41) is 1.89. The van der Waals surface area contributed by atoms with Gasteiger partial charge >= 0.3 is 0 Å². The molecule has 1 aromatic heterocycles. The molecule has 1 heterocycles. The summed E-state index contributed by atoms with van der Waals surface area (Å²) >= 11 is 1.46. The lowest BCUT2D eigenvalue weighted by molar-refractivity contribution is 0.0974. The van der Waals surface area contributed by atoms with Gasteiger partial charge in [-0.2, -0.15) is 0 Å². The minimum atomic E-state index is -0.460. The maximum atomic E-state index is 11.7. The fraction of sp³-hybridized carbons (Fsp3) is 0.200. The van der Waals surface area contributed by atoms with Crippen molar-refractivity contribution in [3.05, 3.63) is 52.2 Å². The largest absolute Gasteiger partial charge is 0.494 e. The van der Waals surface area contributed by atoms with Crippen molar-refractivity contribution < 1.29 is 14.3 Å². The molecule has 0 aliphatic rings. The molecule has 0 spiro atoms. The molecule has 0 aliphatic heterocycles. The van der Waals surface area contributed by atoms with Gasteiger partial charge in [-0.05, 0) is 42.1 Å². The average molecular weight is 289 g/mol. The minimum Gasteiger partial charge on any atom is -0.494 e. The van der Waals surface area contributed by atoms with E-state index in [1.54, 1.807) is 24.3 Å². The lowest BCUT2D eigenvalue weighted by Gasteiger charge is -2.05. The van der Waals surface area contributed by atoms with Crippen LogP contribution in [0.5, 0.6) is 5.75 Å². The highest BCUT2D eigenvalue weighted by molar-refractivity contribution is 7.12. The van der Waals surface area contributed by atoms with E-state index in [-0.39, 0.29) is 5.78 Å². The SMILES string of the molecule is NC(=O)c1ccc(OCCCC(=O)c2cccs2)cc1. The fourth-order valence-electron chi connectivity index (χ4n) is 1.70. The van der Waals surface area contributed by atoms with Gasteiger partial charge in [-0.1, -0.05) is 6.07 Å². The van der Waals surface area contributed by atoms with Gasteiger partial charge in [-0.15, -0.1) is 11.3 Å². The first-order chi connectivity index (χ1) is 9.66. The third kappa shape index (κ3) is 3.93. The smallest absolute Gasteiger partial charge is 0.248 e. The van der Waals surface area contributed by atoms with Crippen molar-refractivity contribution in [1.29, 1.82) is 0 Å². The molecule has 0 bridgehead atoms. The molecule has 0 unspecified atom stereocenters. The molecular weight excluding hydrogens is 274 g/mol. The van der Waals surface area contributed by atoms with Gasteiger partial charge in [-0.25, -0.2) is 0 Å². The lowest BCUT2D eigenvalue weighted by Crippen LogP contribution is -2.10. The molecule has 2 aromatic rings. The third-order valence-corrected chi connectivity index (χ3v) is 3.66. The predicted octanol–water partition coefficient (Wildman–Crippen LogP) is 2.89. The Morgan fingerprint density at radius 2 is 1.90 bits per heavy atom. The van der Waals surface area contributed by atoms with Crippen molar-refractivity contribution in [3.63, 3.8) is 0 Å². The molecule has 104 valence electrons. The Morgan fingerprint density at radius 1 is 1.15 bits per heavy atom. The predicted molar refractivity (Wildman–Crippen MR) is 78.3 cm³/mol. The number of hydrogen-bond donors (Lipinski definition) is 1. The zero-order valence-electron chi connectivity index (χ0n) is 10.9. The van der Waals surface area contributed by atoms with E-state index in [2.05, 4.69) is 0 Å². The molecule has 5 heteroatoms. The lowest BCUT2D eigenvalue weighted by atomic mass is 10.2. The van der Waals surface area contributed by atoms with E-state index in [1.165, 1.54) is 11.3 Å². The second kappa shape index (κ2) is 6.86. The number of nitrogens with two attached hydrogens (primary N) is 1. The fourth-order valence-corrected chi connectivity index (χ4v) is 2.39. The monoisotopic (exact) mass is 289 g/mol. The van der Waals surface area contributed by atoms with Crippen LogP contribution in [0, 0.1) is 0 Å². The van der Waals surface area contributed by atoms with Crippen LogP contribution in [0.2, 0.25) is 0 Å². The van der Waals surface area contributed by atoms with E-state index >= 15 is 0 Å². The van der Waals surface area contributed by atoms with Crippen LogP contribution in [0.15, 0.2) is 41.8 Å². The second-order valence-electron chi connectivity index (χ2n) is 4.24. The van der Waals surface area contributed by atoms with Crippen molar-refractivity contribution in [2.24, 2.45) is 5.73 Å². The molecule has 0 saturated carbocycles. The summed E-state index contributed by atoms with van der Waals surface area (Å²) in [7, 11) is 0. The zero-order valence-corrected chi connectivity index (χ0v) is 11.7. The molecular formula is C15H15NO3S. The van der Waals surface area contributed by atoms with Crippen molar-refractivity contribution in [3.8, 4) is 5.75 Å². The van der Waals surface area contributed by atoms with Crippen LogP contribution in [0.3, 0.4) is 0 Å². The maximum absolute atomic E-state index is 11.7. The van der Waals surface area contributed by atoms with Crippen LogP contribution in [-0.2, 0) is 0 Å². The molecule has 2 N–H and O–H groups in total. The quantitative estimate of drug-likeness (QED) is 0.629. The molecule has 0 saturated heterocycles. The molecule has 1 aromatic carbocycles. The van der Waals surface area contributed by atoms with Gasteiger partial charge in [-0.3, -0.25) is 9.59 Å². The van der Waals surface area contributed by atoms with Crippen molar-refractivity contribution in [2.75, 3.05) is 6.61 Å². The summed E-state index contributed by atoms with van der Waals surface area (Å²) in [5.74, 6) is 0.351. The summed E-state index contributed by atoms with van der Waals surface area (Å²) in [6, 6.07) is 10.3. The minimum absolute atomic E-state index is 0.146. The summed E-state index contributed by atoms with van der Waals surface area (Å²) in [6.45, 7) is 0.465. The number of hydrogen-bond acceptors (Lipinski definition) is 4. The summed E-state index contributed by atoms with van der Waals surface area (Å²) in [5.41, 5.74) is 5.60. The maximum Gasteiger partial charge on any atom is 0.248 e. The van der Waals surface area contributed by atoms with Crippen molar-refractivity contribution >= 4 is 23.0 Å². The number of Topliss-reactive ketones (excluding diaryl/α,β-unsaturated/α-hetero) is 1. The number of thiophene rings is 1. The Hall–Kier alpha value is -2.14. The average Bonchev–Trinajstić information content (AvgIpc) is 2.98. The van der Waals surface area contributed by atoms with Gasteiger partial charge < -0.3 is 10.5 Å². The van der Waals surface area contributed by atoms with Crippen LogP contribution < -0.4 is 10.5 Å². The number of benzene rings is 1. The van der Waals surface area contributed by atoms with Crippen LogP contribution >= 0.6 is 11.3 Å². The molecule has 1 amide bonds. The molecule has 20 heavy (non-hydrogen) atoms. The van der Waals surface area contributed by atoms with E-state index < -0.39 is 5.91 Å². The molecule has 0 atom stereocenters. The highest BCUT2D eigenvalue weighted by Crippen LogP contribution is 2.14.